The summed E-state index contributed by atoms with van der Waals surface area (Å²) in [6.07, 6.45) is 1.42. The fourth-order valence-corrected chi connectivity index (χ4v) is 2.31. The lowest BCUT2D eigenvalue weighted by Crippen LogP contribution is -2.54. The largest absolute Gasteiger partial charge is 0.444 e. The third-order valence-corrected chi connectivity index (χ3v) is 3.21. The van der Waals surface area contributed by atoms with Crippen LogP contribution in [0.25, 0.3) is 0 Å². The number of hydrogen-bond acceptors (Lipinski definition) is 5. The Kier molecular flexibility index (Phi) is 4.32. The molecule has 1 aliphatic rings. The second kappa shape index (κ2) is 5.83. The summed E-state index contributed by atoms with van der Waals surface area (Å²) in [7, 11) is 0. The monoisotopic (exact) mass is 281 g/mol. The average Bonchev–Trinajstić information content (AvgIpc) is 2.79. The van der Waals surface area contributed by atoms with E-state index in [1.54, 1.807) is 11.1 Å². The number of carbonyl (C=O) groups is 1. The molecule has 0 N–H and O–H groups in total. The van der Waals surface area contributed by atoms with Gasteiger partial charge < -0.3 is 14.2 Å². The lowest BCUT2D eigenvalue weighted by Gasteiger charge is -2.39. The van der Waals surface area contributed by atoms with Gasteiger partial charge in [-0.05, 0) is 27.7 Å². The van der Waals surface area contributed by atoms with Crippen LogP contribution in [0.4, 0.5) is 4.79 Å². The van der Waals surface area contributed by atoms with E-state index in [9.17, 15) is 4.79 Å². The molecule has 1 aliphatic heterocycles. The van der Waals surface area contributed by atoms with Crippen molar-refractivity contribution in [2.45, 2.75) is 45.9 Å². The van der Waals surface area contributed by atoms with E-state index in [0.29, 0.717) is 6.54 Å². The highest BCUT2D eigenvalue weighted by atomic mass is 16.6. The predicted octanol–water partition coefficient (Wildman–Crippen LogP) is 2.12. The van der Waals surface area contributed by atoms with Crippen LogP contribution in [0.1, 0.15) is 33.5 Å². The Morgan fingerprint density at radius 2 is 2.25 bits per heavy atom. The first-order valence-electron chi connectivity index (χ1n) is 6.97. The van der Waals surface area contributed by atoms with Gasteiger partial charge in [-0.15, -0.1) is 0 Å². The van der Waals surface area contributed by atoms with Crippen LogP contribution in [0.5, 0.6) is 0 Å². The summed E-state index contributed by atoms with van der Waals surface area (Å²) in [5.74, 6) is 0.850. The molecule has 1 atom stereocenters. The summed E-state index contributed by atoms with van der Waals surface area (Å²) in [6.45, 7) is 10.7. The van der Waals surface area contributed by atoms with Gasteiger partial charge in [0.15, 0.2) is 5.76 Å². The molecule has 20 heavy (non-hydrogen) atoms. The number of hydrogen-bond donors (Lipinski definition) is 0. The van der Waals surface area contributed by atoms with Crippen molar-refractivity contribution in [3.8, 4) is 0 Å². The van der Waals surface area contributed by atoms with Crippen molar-refractivity contribution >= 4 is 6.09 Å². The SMILES string of the molecule is CC1CN(Cc2ccno2)CCN1C(=O)OC(C)(C)C. The van der Waals surface area contributed by atoms with Gasteiger partial charge in [0.25, 0.3) is 0 Å². The fourth-order valence-electron chi connectivity index (χ4n) is 2.31. The average molecular weight is 281 g/mol. The fraction of sp³-hybridized carbons (Fsp3) is 0.714. The van der Waals surface area contributed by atoms with Crippen molar-refractivity contribution < 1.29 is 14.1 Å². The number of carbonyl (C=O) groups excluding carboxylic acids is 1. The maximum absolute atomic E-state index is 12.1. The highest BCUT2D eigenvalue weighted by Gasteiger charge is 2.30. The number of amides is 1. The number of piperazine rings is 1. The Morgan fingerprint density at radius 3 is 2.80 bits per heavy atom. The van der Waals surface area contributed by atoms with Crippen molar-refractivity contribution in [3.63, 3.8) is 0 Å². The molecule has 1 saturated heterocycles. The molecule has 6 nitrogen and oxygen atoms in total. The van der Waals surface area contributed by atoms with E-state index in [4.69, 9.17) is 9.26 Å². The Bertz CT molecular complexity index is 439. The minimum Gasteiger partial charge on any atom is -0.444 e. The zero-order valence-electron chi connectivity index (χ0n) is 12.6. The van der Waals surface area contributed by atoms with Gasteiger partial charge in [0.1, 0.15) is 5.60 Å². The molecule has 1 unspecified atom stereocenters. The van der Waals surface area contributed by atoms with Gasteiger partial charge in [-0.25, -0.2) is 4.79 Å². The maximum Gasteiger partial charge on any atom is 0.410 e. The molecule has 1 aromatic rings. The highest BCUT2D eigenvalue weighted by Crippen LogP contribution is 2.17. The molecule has 0 aromatic carbocycles. The second-order valence-electron chi connectivity index (χ2n) is 6.24. The van der Waals surface area contributed by atoms with Gasteiger partial charge in [-0.2, -0.15) is 0 Å². The van der Waals surface area contributed by atoms with Crippen molar-refractivity contribution in [2.24, 2.45) is 0 Å². The minimum atomic E-state index is -0.451. The van der Waals surface area contributed by atoms with E-state index in [-0.39, 0.29) is 12.1 Å². The second-order valence-corrected chi connectivity index (χ2v) is 6.24. The minimum absolute atomic E-state index is 0.126. The molecule has 0 aliphatic carbocycles. The lowest BCUT2D eigenvalue weighted by atomic mass is 10.2. The van der Waals surface area contributed by atoms with Crippen LogP contribution in [-0.4, -0.2) is 52.3 Å². The maximum atomic E-state index is 12.1. The number of ether oxygens (including phenoxy) is 1. The summed E-state index contributed by atoms with van der Waals surface area (Å²) < 4.78 is 10.5. The summed E-state index contributed by atoms with van der Waals surface area (Å²) >= 11 is 0. The van der Waals surface area contributed by atoms with Gasteiger partial charge in [0.05, 0.1) is 12.7 Å². The van der Waals surface area contributed by atoms with Crippen molar-refractivity contribution in [1.82, 2.24) is 15.0 Å². The van der Waals surface area contributed by atoms with Gasteiger partial charge in [-0.3, -0.25) is 4.90 Å². The number of nitrogens with zero attached hydrogens (tertiary/aromatic N) is 3. The van der Waals surface area contributed by atoms with Crippen LogP contribution in [-0.2, 0) is 11.3 Å². The van der Waals surface area contributed by atoms with Gasteiger partial charge in [0, 0.05) is 31.7 Å². The summed E-state index contributed by atoms with van der Waals surface area (Å²) in [6, 6.07) is 1.99. The topological polar surface area (TPSA) is 58.8 Å². The van der Waals surface area contributed by atoms with Crippen LogP contribution < -0.4 is 0 Å². The third kappa shape index (κ3) is 3.96. The highest BCUT2D eigenvalue weighted by molar-refractivity contribution is 5.68. The summed E-state index contributed by atoms with van der Waals surface area (Å²) in [5.41, 5.74) is -0.451. The molecule has 112 valence electrons. The molecule has 2 rings (SSSR count). The van der Waals surface area contributed by atoms with Gasteiger partial charge in [0.2, 0.25) is 0 Å². The van der Waals surface area contributed by atoms with Crippen molar-refractivity contribution in [1.29, 1.82) is 0 Å². The first kappa shape index (κ1) is 14.8. The quantitative estimate of drug-likeness (QED) is 0.831. The molecular weight excluding hydrogens is 258 g/mol. The first-order valence-corrected chi connectivity index (χ1v) is 6.97. The molecule has 6 heteroatoms. The lowest BCUT2D eigenvalue weighted by molar-refractivity contribution is -0.000267. The van der Waals surface area contributed by atoms with Crippen molar-refractivity contribution in [3.05, 3.63) is 18.0 Å². The molecule has 0 bridgehead atoms. The van der Waals surface area contributed by atoms with E-state index in [0.717, 1.165) is 25.4 Å². The predicted molar refractivity (Wildman–Crippen MR) is 74.2 cm³/mol. The van der Waals surface area contributed by atoms with Crippen LogP contribution in [0.15, 0.2) is 16.8 Å². The van der Waals surface area contributed by atoms with Crippen LogP contribution in [0.3, 0.4) is 0 Å². The number of rotatable bonds is 2. The Hall–Kier alpha value is -1.56. The van der Waals surface area contributed by atoms with Crippen molar-refractivity contribution in [2.75, 3.05) is 19.6 Å². The molecule has 1 fully saturated rings. The Labute approximate surface area is 119 Å². The molecule has 0 spiro atoms. The Morgan fingerprint density at radius 1 is 1.50 bits per heavy atom. The van der Waals surface area contributed by atoms with Crippen LogP contribution >= 0.6 is 0 Å². The van der Waals surface area contributed by atoms with E-state index >= 15 is 0 Å². The van der Waals surface area contributed by atoms with Gasteiger partial charge >= 0.3 is 6.09 Å². The number of aromatic nitrogens is 1. The standard InChI is InChI=1S/C14H23N3O3/c1-11-9-16(10-12-5-6-15-20-12)7-8-17(11)13(18)19-14(2,3)4/h5-6,11H,7-10H2,1-4H3. The van der Waals surface area contributed by atoms with Crippen LogP contribution in [0, 0.1) is 0 Å². The molecule has 0 radical (unpaired) electrons. The summed E-state index contributed by atoms with van der Waals surface area (Å²) in [5, 5.41) is 3.70. The summed E-state index contributed by atoms with van der Waals surface area (Å²) in [4.78, 5) is 16.2. The molecule has 0 saturated carbocycles. The Balaban J connectivity index is 1.87. The van der Waals surface area contributed by atoms with E-state index in [1.807, 2.05) is 33.8 Å². The van der Waals surface area contributed by atoms with Crippen LogP contribution in [0.2, 0.25) is 0 Å². The van der Waals surface area contributed by atoms with E-state index < -0.39 is 5.60 Å². The zero-order valence-corrected chi connectivity index (χ0v) is 12.6. The van der Waals surface area contributed by atoms with E-state index in [1.165, 1.54) is 0 Å². The van der Waals surface area contributed by atoms with E-state index in [2.05, 4.69) is 10.1 Å². The smallest absolute Gasteiger partial charge is 0.410 e. The first-order chi connectivity index (χ1) is 9.35. The normalized spacial score (nSPS) is 21.0. The third-order valence-electron chi connectivity index (χ3n) is 3.21. The zero-order chi connectivity index (χ0) is 14.8. The molecule has 1 aromatic heterocycles. The molecule has 1 amide bonds. The van der Waals surface area contributed by atoms with Gasteiger partial charge in [-0.1, -0.05) is 5.16 Å². The molecular formula is C14H23N3O3. The molecule has 2 heterocycles.